The van der Waals surface area contributed by atoms with E-state index in [4.69, 9.17) is 4.74 Å². The molecule has 0 aliphatic rings. The number of amides is 1. The second-order valence-electron chi connectivity index (χ2n) is 7.22. The van der Waals surface area contributed by atoms with Gasteiger partial charge in [-0.25, -0.2) is 13.8 Å². The SMILES string of the molecule is COc1cc(CNC(=O)c2cc3cc(Cc4ccc(F)c(F)c4)c(=O)n(C)c3s2)ccn1. The second-order valence-corrected chi connectivity index (χ2v) is 8.25. The van der Waals surface area contributed by atoms with Crippen molar-refractivity contribution in [2.75, 3.05) is 7.11 Å². The van der Waals surface area contributed by atoms with E-state index in [0.717, 1.165) is 23.1 Å². The molecule has 0 fully saturated rings. The largest absolute Gasteiger partial charge is 0.481 e. The third-order valence-electron chi connectivity index (χ3n) is 5.02. The molecule has 164 valence electrons. The van der Waals surface area contributed by atoms with Crippen molar-refractivity contribution in [1.29, 1.82) is 0 Å². The maximum absolute atomic E-state index is 13.5. The van der Waals surface area contributed by atoms with Gasteiger partial charge in [-0.15, -0.1) is 11.3 Å². The number of methoxy groups -OCH3 is 1. The third-order valence-corrected chi connectivity index (χ3v) is 6.24. The van der Waals surface area contributed by atoms with Gasteiger partial charge in [0.05, 0.1) is 12.0 Å². The van der Waals surface area contributed by atoms with Crippen molar-refractivity contribution in [2.45, 2.75) is 13.0 Å². The highest BCUT2D eigenvalue weighted by atomic mass is 32.1. The molecule has 0 aliphatic heterocycles. The fraction of sp³-hybridized carbons (Fsp3) is 0.174. The first-order valence-corrected chi connectivity index (χ1v) is 10.5. The number of hydrogen-bond donors (Lipinski definition) is 1. The number of thiophene rings is 1. The highest BCUT2D eigenvalue weighted by Gasteiger charge is 2.15. The number of halogens is 2. The summed E-state index contributed by atoms with van der Waals surface area (Å²) in [6.45, 7) is 0.298. The van der Waals surface area contributed by atoms with Gasteiger partial charge in [0.2, 0.25) is 5.88 Å². The summed E-state index contributed by atoms with van der Waals surface area (Å²) in [4.78, 5) is 30.6. The van der Waals surface area contributed by atoms with E-state index in [1.807, 2.05) is 0 Å². The molecule has 32 heavy (non-hydrogen) atoms. The van der Waals surface area contributed by atoms with Gasteiger partial charge in [0, 0.05) is 43.2 Å². The van der Waals surface area contributed by atoms with Crippen molar-refractivity contribution >= 4 is 27.5 Å². The van der Waals surface area contributed by atoms with Gasteiger partial charge in [-0.05, 0) is 41.5 Å². The minimum Gasteiger partial charge on any atom is -0.481 e. The van der Waals surface area contributed by atoms with Crippen LogP contribution in [-0.4, -0.2) is 22.6 Å². The molecule has 0 saturated carbocycles. The smallest absolute Gasteiger partial charge is 0.261 e. The van der Waals surface area contributed by atoms with Crippen molar-refractivity contribution in [3.63, 3.8) is 0 Å². The molecule has 4 rings (SSSR count). The number of benzene rings is 1. The zero-order valence-corrected chi connectivity index (χ0v) is 18.1. The van der Waals surface area contributed by atoms with Gasteiger partial charge in [0.25, 0.3) is 11.5 Å². The Morgan fingerprint density at radius 1 is 1.12 bits per heavy atom. The van der Waals surface area contributed by atoms with Crippen LogP contribution in [0.2, 0.25) is 0 Å². The number of nitrogens with zero attached hydrogens (tertiary/aromatic N) is 2. The first-order chi connectivity index (χ1) is 15.4. The predicted octanol–water partition coefficient (Wildman–Crippen LogP) is 3.80. The van der Waals surface area contributed by atoms with Crippen molar-refractivity contribution < 1.29 is 18.3 Å². The number of fused-ring (bicyclic) bond motifs is 1. The number of ether oxygens (including phenoxy) is 1. The lowest BCUT2D eigenvalue weighted by Gasteiger charge is -2.06. The van der Waals surface area contributed by atoms with E-state index in [2.05, 4.69) is 10.3 Å². The van der Waals surface area contributed by atoms with E-state index >= 15 is 0 Å². The Labute approximate surface area is 186 Å². The topological polar surface area (TPSA) is 73.2 Å². The first-order valence-electron chi connectivity index (χ1n) is 9.69. The molecular weight excluding hydrogens is 436 g/mol. The Morgan fingerprint density at radius 2 is 1.94 bits per heavy atom. The lowest BCUT2D eigenvalue weighted by molar-refractivity contribution is 0.0955. The molecule has 4 aromatic rings. The summed E-state index contributed by atoms with van der Waals surface area (Å²) in [6, 6.07) is 10.5. The highest BCUT2D eigenvalue weighted by Crippen LogP contribution is 2.26. The summed E-state index contributed by atoms with van der Waals surface area (Å²) in [7, 11) is 3.15. The molecule has 0 unspecified atom stereocenters. The summed E-state index contributed by atoms with van der Waals surface area (Å²) in [5.74, 6) is -1.70. The lowest BCUT2D eigenvalue weighted by atomic mass is 10.1. The first kappa shape index (κ1) is 21.6. The van der Waals surface area contributed by atoms with E-state index in [1.165, 1.54) is 29.1 Å². The van der Waals surface area contributed by atoms with Gasteiger partial charge in [-0.2, -0.15) is 0 Å². The van der Waals surface area contributed by atoms with Crippen molar-refractivity contribution in [2.24, 2.45) is 7.05 Å². The molecule has 1 N–H and O–H groups in total. The summed E-state index contributed by atoms with van der Waals surface area (Å²) >= 11 is 1.21. The number of aromatic nitrogens is 2. The highest BCUT2D eigenvalue weighted by molar-refractivity contribution is 7.20. The fourth-order valence-electron chi connectivity index (χ4n) is 3.37. The van der Waals surface area contributed by atoms with Crippen LogP contribution in [0.1, 0.15) is 26.4 Å². The quantitative estimate of drug-likeness (QED) is 0.480. The Kier molecular flexibility index (Phi) is 6.00. The lowest BCUT2D eigenvalue weighted by Crippen LogP contribution is -2.21. The number of aryl methyl sites for hydroxylation is 1. The molecule has 0 bridgehead atoms. The number of carbonyl (C=O) groups is 1. The van der Waals surface area contributed by atoms with E-state index in [0.29, 0.717) is 33.3 Å². The molecule has 0 atom stereocenters. The van der Waals surface area contributed by atoms with Crippen LogP contribution in [0, 0.1) is 11.6 Å². The van der Waals surface area contributed by atoms with Crippen LogP contribution in [-0.2, 0) is 20.0 Å². The van der Waals surface area contributed by atoms with E-state index in [9.17, 15) is 18.4 Å². The Bertz CT molecular complexity index is 1380. The number of nitrogens with one attached hydrogen (secondary N) is 1. The molecule has 0 saturated heterocycles. The maximum atomic E-state index is 13.5. The third kappa shape index (κ3) is 4.38. The van der Waals surface area contributed by atoms with Crippen molar-refractivity contribution in [1.82, 2.24) is 14.9 Å². The molecule has 1 aromatic carbocycles. The number of carbonyl (C=O) groups excluding carboxylic acids is 1. The molecule has 6 nitrogen and oxygen atoms in total. The van der Waals surface area contributed by atoms with Crippen LogP contribution in [0.4, 0.5) is 8.78 Å². The van der Waals surface area contributed by atoms with E-state index in [-0.39, 0.29) is 17.9 Å². The van der Waals surface area contributed by atoms with Gasteiger partial charge in [0.15, 0.2) is 11.6 Å². The molecule has 0 aliphatic carbocycles. The van der Waals surface area contributed by atoms with Crippen LogP contribution >= 0.6 is 11.3 Å². The van der Waals surface area contributed by atoms with Crippen molar-refractivity contribution in [3.05, 3.63) is 92.2 Å². The van der Waals surface area contributed by atoms with Crippen LogP contribution in [0.3, 0.4) is 0 Å². The van der Waals surface area contributed by atoms with Gasteiger partial charge >= 0.3 is 0 Å². The zero-order valence-electron chi connectivity index (χ0n) is 17.3. The van der Waals surface area contributed by atoms with E-state index in [1.54, 1.807) is 37.5 Å². The second kappa shape index (κ2) is 8.88. The van der Waals surface area contributed by atoms with Crippen LogP contribution in [0.15, 0.2) is 53.5 Å². The Hall–Kier alpha value is -3.59. The summed E-state index contributed by atoms with van der Waals surface area (Å²) in [5, 5.41) is 3.58. The Balaban J connectivity index is 1.57. The standard InChI is InChI=1S/C23H19F2N3O3S/c1-28-22(30)15(7-13-3-4-17(24)18(25)8-13)10-16-11-19(32-23(16)28)21(29)27-12-14-5-6-26-20(9-14)31-2/h3-6,8-11H,7,12H2,1-2H3,(H,27,29). The minimum absolute atomic E-state index is 0.154. The molecule has 0 spiro atoms. The number of pyridine rings is 2. The molecule has 3 heterocycles. The van der Waals surface area contributed by atoms with Gasteiger partial charge in [-0.1, -0.05) is 6.07 Å². The van der Waals surface area contributed by atoms with Crippen LogP contribution in [0.25, 0.3) is 10.2 Å². The monoisotopic (exact) mass is 455 g/mol. The average molecular weight is 455 g/mol. The van der Waals surface area contributed by atoms with Crippen LogP contribution < -0.4 is 15.6 Å². The molecule has 1 amide bonds. The molecule has 0 radical (unpaired) electrons. The number of rotatable bonds is 6. The summed E-state index contributed by atoms with van der Waals surface area (Å²) in [5.41, 5.74) is 1.51. The molecular formula is C23H19F2N3O3S. The van der Waals surface area contributed by atoms with Gasteiger partial charge < -0.3 is 14.6 Å². The minimum atomic E-state index is -0.957. The molecule has 3 aromatic heterocycles. The van der Waals surface area contributed by atoms with Crippen LogP contribution in [0.5, 0.6) is 5.88 Å². The fourth-order valence-corrected chi connectivity index (χ4v) is 4.38. The molecule has 9 heteroatoms. The van der Waals surface area contributed by atoms with Gasteiger partial charge in [-0.3, -0.25) is 9.59 Å². The predicted molar refractivity (Wildman–Crippen MR) is 118 cm³/mol. The summed E-state index contributed by atoms with van der Waals surface area (Å²) < 4.78 is 33.3. The Morgan fingerprint density at radius 3 is 2.69 bits per heavy atom. The maximum Gasteiger partial charge on any atom is 0.261 e. The zero-order chi connectivity index (χ0) is 22.8. The van der Waals surface area contributed by atoms with E-state index < -0.39 is 11.6 Å². The van der Waals surface area contributed by atoms with Gasteiger partial charge in [0.1, 0.15) is 4.83 Å². The number of hydrogen-bond acceptors (Lipinski definition) is 5. The van der Waals surface area contributed by atoms with Crippen molar-refractivity contribution in [3.8, 4) is 5.88 Å². The normalized spacial score (nSPS) is 11.0. The average Bonchev–Trinajstić information content (AvgIpc) is 3.22. The summed E-state index contributed by atoms with van der Waals surface area (Å²) in [6.07, 6.45) is 1.76.